The molecule has 3 nitrogen and oxygen atoms in total. The van der Waals surface area contributed by atoms with Crippen molar-refractivity contribution in [3.63, 3.8) is 0 Å². The van der Waals surface area contributed by atoms with Gasteiger partial charge in [0.15, 0.2) is 0 Å². The van der Waals surface area contributed by atoms with E-state index >= 15 is 0 Å². The molecule has 0 aliphatic carbocycles. The van der Waals surface area contributed by atoms with E-state index in [9.17, 15) is 0 Å². The fourth-order valence-electron chi connectivity index (χ4n) is 0. The van der Waals surface area contributed by atoms with Gasteiger partial charge in [0, 0.05) is 0 Å². The second-order valence-corrected chi connectivity index (χ2v) is 18.0. The molecule has 0 unspecified atom stereocenters. The van der Waals surface area contributed by atoms with Gasteiger partial charge in [0.2, 0.25) is 0 Å². The molecule has 0 aromatic heterocycles. The summed E-state index contributed by atoms with van der Waals surface area (Å²) >= 11 is 9.62. The van der Waals surface area contributed by atoms with E-state index in [1.54, 1.807) is 0 Å². The zero-order valence-electron chi connectivity index (χ0n) is 3.01. The standard InChI is InChI=1S/3BrH.Mn.3H2O/h3*1H;;3*1H2/q;;;+3;;;/p-3. The van der Waals surface area contributed by atoms with Gasteiger partial charge in [-0.15, -0.1) is 0 Å². The van der Waals surface area contributed by atoms with Crippen LogP contribution in [-0.2, 0) is 8.48 Å². The van der Waals surface area contributed by atoms with Crippen LogP contribution < -0.4 is 0 Å². The monoisotopic (exact) mass is 346 g/mol. The van der Waals surface area contributed by atoms with Crippen molar-refractivity contribution in [2.24, 2.45) is 0 Å². The van der Waals surface area contributed by atoms with Crippen LogP contribution in [0.4, 0.5) is 0 Å². The van der Waals surface area contributed by atoms with Crippen molar-refractivity contribution in [3.8, 4) is 0 Å². The third kappa shape index (κ3) is 79.0. The normalized spacial score (nSPS) is 6.43. The molecule has 0 atom stereocenters. The quantitative estimate of drug-likeness (QED) is 0.554. The van der Waals surface area contributed by atoms with Crippen molar-refractivity contribution in [1.82, 2.24) is 0 Å². The number of halogens is 3. The molecule has 0 amide bonds. The summed E-state index contributed by atoms with van der Waals surface area (Å²) in [4.78, 5) is 0. The van der Waals surface area contributed by atoms with Crippen LogP contribution in [0.3, 0.4) is 0 Å². The van der Waals surface area contributed by atoms with Crippen molar-refractivity contribution in [2.75, 3.05) is 0 Å². The van der Waals surface area contributed by atoms with E-state index in [1.165, 1.54) is 0 Å². The molecule has 0 aliphatic heterocycles. The van der Waals surface area contributed by atoms with E-state index in [0.29, 0.717) is 0 Å². The molecule has 7 heteroatoms. The molecule has 52 valence electrons. The van der Waals surface area contributed by atoms with Crippen LogP contribution in [-0.4, -0.2) is 16.4 Å². The Morgan fingerprint density at radius 3 is 0.714 bits per heavy atom. The van der Waals surface area contributed by atoms with Gasteiger partial charge in [-0.2, -0.15) is 0 Å². The molecule has 0 spiro atoms. The Bertz CT molecular complexity index is 14.9. The summed E-state index contributed by atoms with van der Waals surface area (Å²) < 4.78 is 0. The predicted octanol–water partition coefficient (Wildman–Crippen LogP) is 0.0602. The minimum absolute atomic E-state index is 0. The van der Waals surface area contributed by atoms with Crippen molar-refractivity contribution >= 4 is 42.3 Å². The Balaban J connectivity index is -0.0000000150. The average molecular weight is 349 g/mol. The maximum atomic E-state index is 3.21. The van der Waals surface area contributed by atoms with Gasteiger partial charge in [-0.1, -0.05) is 0 Å². The van der Waals surface area contributed by atoms with Crippen LogP contribution in [0.15, 0.2) is 0 Å². The van der Waals surface area contributed by atoms with Crippen LogP contribution in [0.5, 0.6) is 0 Å². The van der Waals surface area contributed by atoms with Gasteiger partial charge in [-0.05, 0) is 0 Å². The van der Waals surface area contributed by atoms with E-state index in [-0.39, 0.29) is 16.4 Å². The molecule has 0 saturated carbocycles. The Morgan fingerprint density at radius 1 is 0.714 bits per heavy atom. The van der Waals surface area contributed by atoms with Crippen molar-refractivity contribution < 1.29 is 24.9 Å². The molecular formula is H6Br3MnO3. The van der Waals surface area contributed by atoms with Crippen molar-refractivity contribution in [3.05, 3.63) is 0 Å². The molecule has 0 rings (SSSR count). The molecule has 0 heterocycles. The van der Waals surface area contributed by atoms with E-state index in [0.717, 1.165) is 0 Å². The van der Waals surface area contributed by atoms with Gasteiger partial charge in [0.05, 0.1) is 0 Å². The van der Waals surface area contributed by atoms with Crippen molar-refractivity contribution in [2.45, 2.75) is 0 Å². The number of hydrogen-bond donors (Lipinski definition) is 0. The topological polar surface area (TPSA) is 94.5 Å². The summed E-state index contributed by atoms with van der Waals surface area (Å²) in [7, 11) is -0.458. The molecule has 6 N–H and O–H groups in total. The molecule has 0 fully saturated rings. The van der Waals surface area contributed by atoms with Gasteiger partial charge in [0.25, 0.3) is 0 Å². The zero-order valence-corrected chi connectivity index (χ0v) is 8.95. The first kappa shape index (κ1) is 23.2. The number of hydrogen-bond acceptors (Lipinski definition) is 0. The van der Waals surface area contributed by atoms with Gasteiger partial charge >= 0.3 is 50.8 Å². The zero-order chi connectivity index (χ0) is 3.58. The van der Waals surface area contributed by atoms with Crippen LogP contribution >= 0.6 is 42.3 Å². The summed E-state index contributed by atoms with van der Waals surface area (Å²) in [6.45, 7) is 0. The van der Waals surface area contributed by atoms with Crippen LogP contribution in [0.25, 0.3) is 0 Å². The third-order valence-electron chi connectivity index (χ3n) is 0. The molecule has 0 radical (unpaired) electrons. The molecule has 0 bridgehead atoms. The Kier molecular flexibility index (Phi) is 51.9. The first-order chi connectivity index (χ1) is 1.73. The third-order valence-corrected chi connectivity index (χ3v) is 0. The van der Waals surface area contributed by atoms with Crippen LogP contribution in [0.1, 0.15) is 0 Å². The minimum atomic E-state index is -0.458. The average Bonchev–Trinajstić information content (AvgIpc) is 0.811. The summed E-state index contributed by atoms with van der Waals surface area (Å²) in [5.41, 5.74) is 0. The van der Waals surface area contributed by atoms with E-state index in [1.807, 2.05) is 0 Å². The summed E-state index contributed by atoms with van der Waals surface area (Å²) in [6.07, 6.45) is 0. The molecule has 0 saturated heterocycles. The summed E-state index contributed by atoms with van der Waals surface area (Å²) in [5, 5.41) is 0. The molecule has 0 aliphatic rings. The van der Waals surface area contributed by atoms with E-state index in [2.05, 4.69) is 42.3 Å². The molecule has 0 aromatic carbocycles. The Labute approximate surface area is 66.7 Å². The second kappa shape index (κ2) is 15.7. The molecule has 7 heavy (non-hydrogen) atoms. The first-order valence-corrected chi connectivity index (χ1v) is 9.18. The Hall–Kier alpha value is 1.84. The fraction of sp³-hybridized carbons (Fsp3) is 0. The maximum absolute atomic E-state index is 3.21. The summed E-state index contributed by atoms with van der Waals surface area (Å²) in [5.74, 6) is 0. The van der Waals surface area contributed by atoms with Crippen molar-refractivity contribution in [1.29, 1.82) is 0 Å². The molecular weight excluding hydrogens is 343 g/mol. The predicted molar refractivity (Wildman–Crippen MR) is 37.6 cm³/mol. The van der Waals surface area contributed by atoms with Gasteiger partial charge in [-0.3, -0.25) is 0 Å². The van der Waals surface area contributed by atoms with E-state index in [4.69, 9.17) is 0 Å². The molecule has 0 aromatic rings. The van der Waals surface area contributed by atoms with Crippen LogP contribution in [0, 0.1) is 0 Å². The number of rotatable bonds is 0. The first-order valence-electron chi connectivity index (χ1n) is 0.429. The van der Waals surface area contributed by atoms with Crippen LogP contribution in [0.2, 0.25) is 0 Å². The second-order valence-electron chi connectivity index (χ2n) is 0.162. The van der Waals surface area contributed by atoms with Gasteiger partial charge < -0.3 is 16.4 Å². The summed E-state index contributed by atoms with van der Waals surface area (Å²) in [6, 6.07) is 0. The fourth-order valence-corrected chi connectivity index (χ4v) is 0. The van der Waals surface area contributed by atoms with Gasteiger partial charge in [0.1, 0.15) is 0 Å². The van der Waals surface area contributed by atoms with Gasteiger partial charge in [-0.25, -0.2) is 0 Å². The van der Waals surface area contributed by atoms with E-state index < -0.39 is 8.48 Å². The Morgan fingerprint density at radius 2 is 0.714 bits per heavy atom. The SMILES string of the molecule is O.O.O.[Br][Mn]([Br])[Br].